The highest BCUT2D eigenvalue weighted by molar-refractivity contribution is 7.47. The Bertz CT molecular complexity index is 1770. The van der Waals surface area contributed by atoms with Crippen LogP contribution in [0, 0.1) is 23.7 Å². The number of unbranched alkanes of at least 4 members (excludes halogenated alkanes) is 30. The van der Waals surface area contributed by atoms with Crippen LogP contribution < -0.4 is 0 Å². The average Bonchev–Trinajstić information content (AvgIpc) is 3.69. The van der Waals surface area contributed by atoms with Gasteiger partial charge in [-0.1, -0.05) is 293 Å². The van der Waals surface area contributed by atoms with Crippen LogP contribution in [0.1, 0.15) is 344 Å². The van der Waals surface area contributed by atoms with Gasteiger partial charge in [-0.2, -0.15) is 0 Å². The predicted molar refractivity (Wildman–Crippen MR) is 358 cm³/mol. The van der Waals surface area contributed by atoms with Crippen molar-refractivity contribution in [3.05, 3.63) is 0 Å². The molecular weight excluding hydrogens is 1170 g/mol. The Hall–Kier alpha value is -1.94. The fourth-order valence-corrected chi connectivity index (χ4v) is 12.0. The Morgan fingerprint density at radius 3 is 0.798 bits per heavy atom. The van der Waals surface area contributed by atoms with Gasteiger partial charge in [-0.25, -0.2) is 9.13 Å². The van der Waals surface area contributed by atoms with E-state index in [1.807, 2.05) is 0 Å². The molecule has 0 amide bonds. The Kier molecular flexibility index (Phi) is 58.5. The van der Waals surface area contributed by atoms with E-state index >= 15 is 0 Å². The van der Waals surface area contributed by atoms with E-state index in [2.05, 4.69) is 55.4 Å². The van der Waals surface area contributed by atoms with Gasteiger partial charge < -0.3 is 33.8 Å². The van der Waals surface area contributed by atoms with E-state index in [9.17, 15) is 43.2 Å². The molecule has 0 aliphatic rings. The summed E-state index contributed by atoms with van der Waals surface area (Å²) >= 11 is 0. The highest BCUT2D eigenvalue weighted by Gasteiger charge is 2.30. The van der Waals surface area contributed by atoms with Gasteiger partial charge in [-0.3, -0.25) is 37.3 Å². The van der Waals surface area contributed by atoms with E-state index in [1.165, 1.54) is 135 Å². The lowest BCUT2D eigenvalue weighted by Crippen LogP contribution is -2.30. The molecule has 8 atom stereocenters. The number of carbonyl (C=O) groups is 4. The van der Waals surface area contributed by atoms with E-state index in [1.54, 1.807) is 0 Å². The van der Waals surface area contributed by atoms with Crippen molar-refractivity contribution in [2.24, 2.45) is 23.7 Å². The summed E-state index contributed by atoms with van der Waals surface area (Å²) in [4.78, 5) is 72.5. The van der Waals surface area contributed by atoms with Gasteiger partial charge >= 0.3 is 39.5 Å². The summed E-state index contributed by atoms with van der Waals surface area (Å²) in [5.74, 6) is 0.892. The van der Waals surface area contributed by atoms with Crippen LogP contribution in [0.2, 0.25) is 0 Å². The molecular formula is C70H136O17P2. The number of ether oxygens (including phenoxy) is 4. The number of phosphoric acid groups is 2. The van der Waals surface area contributed by atoms with E-state index < -0.39 is 97.5 Å². The first-order valence-electron chi connectivity index (χ1n) is 36.3. The largest absolute Gasteiger partial charge is 0.472 e. The molecule has 0 radical (unpaired) electrons. The van der Waals surface area contributed by atoms with Gasteiger partial charge in [0.2, 0.25) is 0 Å². The number of aliphatic hydroxyl groups excluding tert-OH is 1. The van der Waals surface area contributed by atoms with Crippen molar-refractivity contribution >= 4 is 39.5 Å². The molecule has 19 heteroatoms. The van der Waals surface area contributed by atoms with Gasteiger partial charge in [0.05, 0.1) is 26.4 Å². The fourth-order valence-electron chi connectivity index (χ4n) is 10.4. The maximum Gasteiger partial charge on any atom is 0.472 e. The minimum atomic E-state index is -4.95. The maximum atomic E-state index is 13.0. The summed E-state index contributed by atoms with van der Waals surface area (Å²) in [7, 11) is -9.90. The van der Waals surface area contributed by atoms with Crippen LogP contribution in [0.25, 0.3) is 0 Å². The van der Waals surface area contributed by atoms with Crippen molar-refractivity contribution < 1.29 is 80.2 Å². The minimum absolute atomic E-state index is 0.103. The number of aliphatic hydroxyl groups is 1. The molecule has 5 unspecified atom stereocenters. The monoisotopic (exact) mass is 1310 g/mol. The second-order valence-corrected chi connectivity index (χ2v) is 29.4. The van der Waals surface area contributed by atoms with Crippen LogP contribution in [0.3, 0.4) is 0 Å². The molecule has 0 fully saturated rings. The van der Waals surface area contributed by atoms with Crippen molar-refractivity contribution in [3.8, 4) is 0 Å². The smallest absolute Gasteiger partial charge is 0.462 e. The van der Waals surface area contributed by atoms with E-state index in [0.29, 0.717) is 31.6 Å². The lowest BCUT2D eigenvalue weighted by Gasteiger charge is -2.21. The van der Waals surface area contributed by atoms with Crippen LogP contribution in [0.15, 0.2) is 0 Å². The summed E-state index contributed by atoms with van der Waals surface area (Å²) < 4.78 is 68.2. The first kappa shape index (κ1) is 87.1. The standard InChI is InChI=1S/C70H136O17P2/c1-9-61(6)47-39-31-22-18-16-14-12-13-15-17-19-24-36-44-52-69(74)86-66(57-81-68(73)51-43-35-29-27-33-41-49-63(8)11-3)59-85-89(78,79)83-55-64(71)54-82-88(76,77)84-58-65(56-80-67(72)50-42-34-28-26-30-38-46-60(4)5)87-70(75)53-45-37-25-21-20-23-32-40-48-62(7)10-2/h60-66,71H,9-59H2,1-8H3,(H,76,77)(H,78,79)/t61?,62?,63?,64-,65-,66-/m1/s1. The quantitative estimate of drug-likeness (QED) is 0.0222. The van der Waals surface area contributed by atoms with Gasteiger partial charge in [0.25, 0.3) is 0 Å². The van der Waals surface area contributed by atoms with Gasteiger partial charge in [0.1, 0.15) is 19.3 Å². The summed E-state index contributed by atoms with van der Waals surface area (Å²) in [5.41, 5.74) is 0. The first-order valence-corrected chi connectivity index (χ1v) is 39.3. The number of rotatable bonds is 67. The topological polar surface area (TPSA) is 237 Å². The van der Waals surface area contributed by atoms with Crippen molar-refractivity contribution in [2.75, 3.05) is 39.6 Å². The van der Waals surface area contributed by atoms with Crippen LogP contribution in [0.5, 0.6) is 0 Å². The molecule has 528 valence electrons. The number of carbonyl (C=O) groups excluding carboxylic acids is 4. The van der Waals surface area contributed by atoms with Crippen LogP contribution in [-0.2, 0) is 65.4 Å². The molecule has 0 heterocycles. The normalized spacial score (nSPS) is 15.2. The molecule has 3 N–H and O–H groups in total. The molecule has 89 heavy (non-hydrogen) atoms. The van der Waals surface area contributed by atoms with Gasteiger partial charge in [-0.15, -0.1) is 0 Å². The van der Waals surface area contributed by atoms with Gasteiger partial charge in [0, 0.05) is 25.7 Å². The van der Waals surface area contributed by atoms with Crippen molar-refractivity contribution in [1.29, 1.82) is 0 Å². The third kappa shape index (κ3) is 60.7. The predicted octanol–water partition coefficient (Wildman–Crippen LogP) is 19.7. The Balaban J connectivity index is 5.22. The van der Waals surface area contributed by atoms with Gasteiger partial charge in [-0.05, 0) is 49.4 Å². The van der Waals surface area contributed by atoms with Gasteiger partial charge in [0.15, 0.2) is 12.2 Å². The number of hydrogen-bond acceptors (Lipinski definition) is 15. The number of hydrogen-bond donors (Lipinski definition) is 3. The minimum Gasteiger partial charge on any atom is -0.462 e. The maximum absolute atomic E-state index is 13.0. The molecule has 0 aliphatic heterocycles. The summed E-state index contributed by atoms with van der Waals surface area (Å²) in [6.07, 6.45) is 41.8. The second kappa shape index (κ2) is 59.8. The molecule has 0 aromatic heterocycles. The third-order valence-corrected chi connectivity index (χ3v) is 19.1. The first-order chi connectivity index (χ1) is 42.7. The highest BCUT2D eigenvalue weighted by Crippen LogP contribution is 2.45. The van der Waals surface area contributed by atoms with Crippen molar-refractivity contribution in [1.82, 2.24) is 0 Å². The zero-order valence-corrected chi connectivity index (χ0v) is 59.8. The van der Waals surface area contributed by atoms with Crippen molar-refractivity contribution in [3.63, 3.8) is 0 Å². The lowest BCUT2D eigenvalue weighted by molar-refractivity contribution is -0.161. The summed E-state index contributed by atoms with van der Waals surface area (Å²) in [6.45, 7) is 14.1. The SMILES string of the molecule is CCC(C)CCCCCCCCCCCCCCCCC(=O)O[C@H](COC(=O)CCCCCCCCC(C)CC)COP(=O)(O)OC[C@H](O)COP(=O)(O)OC[C@@H](COC(=O)CCCCCCCCC(C)C)OC(=O)CCCCCCCCCCC(C)CC. The zero-order chi connectivity index (χ0) is 66.1. The fraction of sp³-hybridized carbons (Fsp3) is 0.943. The molecule has 0 aromatic carbocycles. The molecule has 0 saturated heterocycles. The zero-order valence-electron chi connectivity index (χ0n) is 58.1. The Morgan fingerprint density at radius 1 is 0.315 bits per heavy atom. The molecule has 0 aromatic rings. The second-order valence-electron chi connectivity index (χ2n) is 26.5. The number of phosphoric ester groups is 2. The third-order valence-electron chi connectivity index (χ3n) is 17.2. The average molecular weight is 1310 g/mol. The van der Waals surface area contributed by atoms with Crippen molar-refractivity contribution in [2.45, 2.75) is 363 Å². The molecule has 0 spiro atoms. The molecule has 0 rings (SSSR count). The number of esters is 4. The molecule has 17 nitrogen and oxygen atoms in total. The molecule has 0 aliphatic carbocycles. The summed E-state index contributed by atoms with van der Waals surface area (Å²) in [6, 6.07) is 0. The lowest BCUT2D eigenvalue weighted by atomic mass is 9.99. The van der Waals surface area contributed by atoms with Crippen LogP contribution >= 0.6 is 15.6 Å². The van der Waals surface area contributed by atoms with E-state index in [4.69, 9.17) is 37.0 Å². The van der Waals surface area contributed by atoms with E-state index in [-0.39, 0.29) is 25.7 Å². The highest BCUT2D eigenvalue weighted by atomic mass is 31.2. The Labute approximate surface area is 543 Å². The molecule has 0 bridgehead atoms. The van der Waals surface area contributed by atoms with Crippen LogP contribution in [-0.4, -0.2) is 96.7 Å². The van der Waals surface area contributed by atoms with Crippen LogP contribution in [0.4, 0.5) is 0 Å². The Morgan fingerprint density at radius 2 is 0.539 bits per heavy atom. The molecule has 0 saturated carbocycles. The van der Waals surface area contributed by atoms with E-state index in [0.717, 1.165) is 120 Å². The summed E-state index contributed by atoms with van der Waals surface area (Å²) in [5, 5.41) is 10.6.